The van der Waals surface area contributed by atoms with E-state index in [-0.39, 0.29) is 41.4 Å². The van der Waals surface area contributed by atoms with E-state index in [0.29, 0.717) is 12.0 Å². The Bertz CT molecular complexity index is 564. The summed E-state index contributed by atoms with van der Waals surface area (Å²) in [5, 5.41) is 0. The highest BCUT2D eigenvalue weighted by atomic mass is 16.6. The molecule has 126 valence electrons. The van der Waals surface area contributed by atoms with Crippen LogP contribution in [0, 0.1) is 17.3 Å². The van der Waals surface area contributed by atoms with Crippen molar-refractivity contribution in [3.05, 3.63) is 24.3 Å². The molecule has 1 saturated heterocycles. The van der Waals surface area contributed by atoms with E-state index >= 15 is 0 Å². The molecule has 3 rings (SSSR count). The van der Waals surface area contributed by atoms with Gasteiger partial charge in [0.15, 0.2) is 0 Å². The van der Waals surface area contributed by atoms with Crippen molar-refractivity contribution in [1.29, 1.82) is 0 Å². The van der Waals surface area contributed by atoms with Gasteiger partial charge < -0.3 is 9.47 Å². The zero-order valence-corrected chi connectivity index (χ0v) is 14.1. The summed E-state index contributed by atoms with van der Waals surface area (Å²) in [4.78, 5) is 23.6. The van der Waals surface area contributed by atoms with E-state index in [9.17, 15) is 9.59 Å². The van der Waals surface area contributed by atoms with E-state index in [2.05, 4.69) is 20.1 Å². The average Bonchev–Trinajstić information content (AvgIpc) is 2.75. The van der Waals surface area contributed by atoms with Gasteiger partial charge in [0.25, 0.3) is 0 Å². The first kappa shape index (κ1) is 16.3. The molecule has 0 amide bonds. The van der Waals surface area contributed by atoms with Crippen LogP contribution >= 0.6 is 0 Å². The molecular formula is C19H26O4. The van der Waals surface area contributed by atoms with Crippen molar-refractivity contribution < 1.29 is 19.1 Å². The molecule has 4 nitrogen and oxygen atoms in total. The molecule has 1 heterocycles. The average molecular weight is 318 g/mol. The van der Waals surface area contributed by atoms with Crippen LogP contribution in [0.3, 0.4) is 0 Å². The zero-order valence-electron chi connectivity index (χ0n) is 14.1. The van der Waals surface area contributed by atoms with Crippen molar-refractivity contribution in [2.45, 2.75) is 64.6 Å². The van der Waals surface area contributed by atoms with Crippen LogP contribution in [-0.4, -0.2) is 24.1 Å². The van der Waals surface area contributed by atoms with Crippen LogP contribution < -0.4 is 0 Å². The van der Waals surface area contributed by atoms with Crippen LogP contribution in [0.5, 0.6) is 0 Å². The summed E-state index contributed by atoms with van der Waals surface area (Å²) in [6, 6.07) is 0. The third-order valence-electron chi connectivity index (χ3n) is 5.98. The van der Waals surface area contributed by atoms with Gasteiger partial charge in [-0.25, -0.2) is 4.79 Å². The fraction of sp³-hybridized carbons (Fsp3) is 0.684. The molecule has 0 unspecified atom stereocenters. The number of hydrogen-bond acceptors (Lipinski definition) is 4. The predicted molar refractivity (Wildman–Crippen MR) is 86.5 cm³/mol. The molecule has 0 N–H and O–H groups in total. The van der Waals surface area contributed by atoms with Crippen LogP contribution in [-0.2, 0) is 19.1 Å². The molecule has 0 spiro atoms. The second kappa shape index (κ2) is 5.81. The van der Waals surface area contributed by atoms with E-state index in [1.807, 2.05) is 6.92 Å². The van der Waals surface area contributed by atoms with Gasteiger partial charge in [-0.15, -0.1) is 0 Å². The normalized spacial score (nSPS) is 39.5. The number of rotatable bonds is 3. The summed E-state index contributed by atoms with van der Waals surface area (Å²) in [6.07, 6.45) is 4.48. The molecule has 0 radical (unpaired) electrons. The first-order valence-corrected chi connectivity index (χ1v) is 8.63. The lowest BCUT2D eigenvalue weighted by Gasteiger charge is -2.51. The van der Waals surface area contributed by atoms with Gasteiger partial charge in [-0.2, -0.15) is 0 Å². The molecule has 2 aliphatic carbocycles. The highest BCUT2D eigenvalue weighted by molar-refractivity contribution is 5.90. The van der Waals surface area contributed by atoms with Gasteiger partial charge >= 0.3 is 11.9 Å². The molecule has 2 saturated carbocycles. The summed E-state index contributed by atoms with van der Waals surface area (Å²) < 4.78 is 11.1. The maximum Gasteiger partial charge on any atom is 0.334 e. The molecule has 3 fully saturated rings. The Morgan fingerprint density at radius 3 is 2.87 bits per heavy atom. The molecule has 3 aliphatic rings. The van der Waals surface area contributed by atoms with E-state index in [1.54, 1.807) is 0 Å². The molecule has 0 aromatic heterocycles. The molecular weight excluding hydrogens is 292 g/mol. The number of fused-ring (bicyclic) bond motifs is 2. The van der Waals surface area contributed by atoms with Crippen LogP contribution in [0.1, 0.15) is 52.4 Å². The summed E-state index contributed by atoms with van der Waals surface area (Å²) in [7, 11) is 0. The number of hydrogen-bond donors (Lipinski definition) is 0. The van der Waals surface area contributed by atoms with Crippen molar-refractivity contribution >= 4 is 11.9 Å². The van der Waals surface area contributed by atoms with Crippen molar-refractivity contribution in [3.63, 3.8) is 0 Å². The Balaban J connectivity index is 1.75. The molecule has 1 aliphatic heterocycles. The molecule has 0 bridgehead atoms. The SMILES string of the molecule is C=C1C(=O)O[C@@H]2C[C@@]3(C)CC[C@@H](OC(=O)CCC)C(=C)[C@@H]3C[C@H]12. The Morgan fingerprint density at radius 2 is 2.17 bits per heavy atom. The number of carbonyl (C=O) groups excluding carboxylic acids is 2. The molecule has 0 aromatic rings. The van der Waals surface area contributed by atoms with E-state index in [0.717, 1.165) is 37.7 Å². The van der Waals surface area contributed by atoms with Crippen molar-refractivity contribution in [2.24, 2.45) is 17.3 Å². The standard InChI is InChI=1S/C19H26O4/c1-5-6-17(20)22-15-7-8-19(4)10-16-13(9-14(19)12(15)3)11(2)18(21)23-16/h13-16H,2-3,5-10H2,1,4H3/t13-,14+,15-,16-,19-/m1/s1. The van der Waals surface area contributed by atoms with E-state index in [1.165, 1.54) is 0 Å². The summed E-state index contributed by atoms with van der Waals surface area (Å²) in [6.45, 7) is 12.4. The Hall–Kier alpha value is -1.58. The molecule has 23 heavy (non-hydrogen) atoms. The van der Waals surface area contributed by atoms with Gasteiger partial charge in [0.1, 0.15) is 12.2 Å². The first-order valence-electron chi connectivity index (χ1n) is 8.63. The van der Waals surface area contributed by atoms with Crippen molar-refractivity contribution in [1.82, 2.24) is 0 Å². The Labute approximate surface area is 137 Å². The first-order chi connectivity index (χ1) is 10.9. The monoisotopic (exact) mass is 318 g/mol. The smallest absolute Gasteiger partial charge is 0.334 e. The van der Waals surface area contributed by atoms with Crippen molar-refractivity contribution in [3.8, 4) is 0 Å². The molecule has 5 atom stereocenters. The third-order valence-corrected chi connectivity index (χ3v) is 5.98. The van der Waals surface area contributed by atoms with Gasteiger partial charge in [-0.05, 0) is 49.0 Å². The Kier molecular flexibility index (Phi) is 4.11. The second-order valence-electron chi connectivity index (χ2n) is 7.56. The van der Waals surface area contributed by atoms with Gasteiger partial charge in [-0.1, -0.05) is 27.0 Å². The number of esters is 2. The summed E-state index contributed by atoms with van der Waals surface area (Å²) >= 11 is 0. The molecule has 0 aromatic carbocycles. The topological polar surface area (TPSA) is 52.6 Å². The highest BCUT2D eigenvalue weighted by Crippen LogP contribution is 2.57. The van der Waals surface area contributed by atoms with Gasteiger partial charge in [-0.3, -0.25) is 4.79 Å². The minimum atomic E-state index is -0.251. The third kappa shape index (κ3) is 2.73. The fourth-order valence-electron chi connectivity index (χ4n) is 4.59. The lowest BCUT2D eigenvalue weighted by Crippen LogP contribution is -2.47. The number of ether oxygens (including phenoxy) is 2. The van der Waals surface area contributed by atoms with Crippen LogP contribution in [0.25, 0.3) is 0 Å². The lowest BCUT2D eigenvalue weighted by molar-refractivity contribution is -0.152. The van der Waals surface area contributed by atoms with Gasteiger partial charge in [0, 0.05) is 17.9 Å². The van der Waals surface area contributed by atoms with Gasteiger partial charge in [0.2, 0.25) is 0 Å². The van der Waals surface area contributed by atoms with Crippen molar-refractivity contribution in [2.75, 3.05) is 0 Å². The van der Waals surface area contributed by atoms with Crippen LogP contribution in [0.15, 0.2) is 24.3 Å². The maximum atomic E-state index is 11.8. The maximum absolute atomic E-state index is 11.8. The minimum absolute atomic E-state index is 0.0387. The second-order valence-corrected chi connectivity index (χ2v) is 7.56. The predicted octanol–water partition coefficient (Wildman–Crippen LogP) is 3.56. The minimum Gasteiger partial charge on any atom is -0.458 e. The quantitative estimate of drug-likeness (QED) is 0.453. The van der Waals surface area contributed by atoms with Crippen LogP contribution in [0.4, 0.5) is 0 Å². The highest BCUT2D eigenvalue weighted by Gasteiger charge is 2.54. The summed E-state index contributed by atoms with van der Waals surface area (Å²) in [5.41, 5.74) is 1.67. The van der Waals surface area contributed by atoms with E-state index < -0.39 is 0 Å². The van der Waals surface area contributed by atoms with Crippen LogP contribution in [0.2, 0.25) is 0 Å². The largest absolute Gasteiger partial charge is 0.458 e. The zero-order chi connectivity index (χ0) is 16.8. The lowest BCUT2D eigenvalue weighted by atomic mass is 9.55. The Morgan fingerprint density at radius 1 is 1.43 bits per heavy atom. The fourth-order valence-corrected chi connectivity index (χ4v) is 4.59. The van der Waals surface area contributed by atoms with E-state index in [4.69, 9.17) is 9.47 Å². The van der Waals surface area contributed by atoms with Gasteiger partial charge in [0.05, 0.1) is 0 Å². The molecule has 4 heteroatoms. The summed E-state index contributed by atoms with van der Waals surface area (Å²) in [5.74, 6) is -0.0518. The number of carbonyl (C=O) groups is 2.